The van der Waals surface area contributed by atoms with Crippen molar-refractivity contribution in [2.75, 3.05) is 11.4 Å². The molecule has 1 heterocycles. The zero-order valence-corrected chi connectivity index (χ0v) is 10.0. The number of amides is 1. The number of aliphatic carboxylic acids is 1. The van der Waals surface area contributed by atoms with Gasteiger partial charge in [0, 0.05) is 18.2 Å². The summed E-state index contributed by atoms with van der Waals surface area (Å²) < 4.78 is 0. The number of fused-ring (bicyclic) bond motifs is 1. The number of para-hydroxylation sites is 1. The van der Waals surface area contributed by atoms with Gasteiger partial charge in [0.15, 0.2) is 0 Å². The van der Waals surface area contributed by atoms with Crippen molar-refractivity contribution >= 4 is 17.6 Å². The zero-order valence-electron chi connectivity index (χ0n) is 10.0. The average Bonchev–Trinajstić information content (AvgIpc) is 2.66. The van der Waals surface area contributed by atoms with Crippen LogP contribution in [0.2, 0.25) is 0 Å². The summed E-state index contributed by atoms with van der Waals surface area (Å²) in [6.07, 6.45) is 2.98. The fourth-order valence-electron chi connectivity index (χ4n) is 2.70. The highest BCUT2D eigenvalue weighted by Crippen LogP contribution is 2.39. The molecule has 1 aromatic carbocycles. The lowest BCUT2D eigenvalue weighted by Gasteiger charge is -2.29. The maximum atomic E-state index is 12.3. The van der Waals surface area contributed by atoms with Crippen LogP contribution in [0.4, 0.5) is 5.69 Å². The van der Waals surface area contributed by atoms with Gasteiger partial charge in [-0.25, -0.2) is 0 Å². The molecule has 1 aromatic rings. The number of benzene rings is 1. The summed E-state index contributed by atoms with van der Waals surface area (Å²) in [5, 5.41) is 9.23. The third kappa shape index (κ3) is 1.60. The minimum Gasteiger partial charge on any atom is -0.481 e. The van der Waals surface area contributed by atoms with E-state index in [-0.39, 0.29) is 18.4 Å². The molecule has 0 saturated heterocycles. The fraction of sp³-hybridized carbons (Fsp3) is 0.429. The Balaban J connectivity index is 1.94. The normalized spacial score (nSPS) is 22.4. The molecule has 18 heavy (non-hydrogen) atoms. The molecular formula is C14H15NO3. The second-order valence-electron chi connectivity index (χ2n) is 5.03. The van der Waals surface area contributed by atoms with Crippen molar-refractivity contribution in [3.8, 4) is 0 Å². The molecule has 4 nitrogen and oxygen atoms in total. The van der Waals surface area contributed by atoms with E-state index in [4.69, 9.17) is 0 Å². The zero-order chi connectivity index (χ0) is 12.7. The molecule has 94 valence electrons. The SMILES string of the molecule is O=C(O)[C@@H]1CN(C(=O)C2CCC2)c2ccccc21. The molecule has 0 bridgehead atoms. The van der Waals surface area contributed by atoms with Crippen molar-refractivity contribution in [3.63, 3.8) is 0 Å². The summed E-state index contributed by atoms with van der Waals surface area (Å²) in [6, 6.07) is 7.33. The third-order valence-corrected chi connectivity index (χ3v) is 3.99. The first-order valence-electron chi connectivity index (χ1n) is 6.31. The van der Waals surface area contributed by atoms with Gasteiger partial charge in [-0.05, 0) is 24.5 Å². The molecule has 1 fully saturated rings. The Labute approximate surface area is 105 Å². The van der Waals surface area contributed by atoms with Crippen LogP contribution in [0.3, 0.4) is 0 Å². The molecule has 1 aliphatic heterocycles. The first-order valence-corrected chi connectivity index (χ1v) is 6.31. The molecule has 1 N–H and O–H groups in total. The standard InChI is InChI=1S/C14H15NO3/c16-13(9-4-3-5-9)15-8-11(14(17)18)10-6-1-2-7-12(10)15/h1-2,6-7,9,11H,3-5,8H2,(H,17,18)/t11-/m1/s1. The molecule has 1 aliphatic carbocycles. The number of carbonyl (C=O) groups excluding carboxylic acids is 1. The van der Waals surface area contributed by atoms with Crippen LogP contribution in [0, 0.1) is 5.92 Å². The van der Waals surface area contributed by atoms with Crippen molar-refractivity contribution in [1.82, 2.24) is 0 Å². The van der Waals surface area contributed by atoms with Gasteiger partial charge < -0.3 is 10.0 Å². The molecule has 0 aromatic heterocycles. The Morgan fingerprint density at radius 3 is 2.56 bits per heavy atom. The summed E-state index contributed by atoms with van der Waals surface area (Å²) >= 11 is 0. The Bertz CT molecular complexity index is 508. The Morgan fingerprint density at radius 1 is 1.22 bits per heavy atom. The van der Waals surface area contributed by atoms with Gasteiger partial charge in [0.25, 0.3) is 0 Å². The van der Waals surface area contributed by atoms with Crippen LogP contribution in [0.15, 0.2) is 24.3 Å². The summed E-state index contributed by atoms with van der Waals surface area (Å²) in [5.41, 5.74) is 1.54. The van der Waals surface area contributed by atoms with Gasteiger partial charge in [0.05, 0.1) is 0 Å². The molecule has 4 heteroatoms. The number of hydrogen-bond donors (Lipinski definition) is 1. The quantitative estimate of drug-likeness (QED) is 0.867. The summed E-state index contributed by atoms with van der Waals surface area (Å²) in [5.74, 6) is -1.24. The van der Waals surface area contributed by atoms with E-state index in [9.17, 15) is 14.7 Å². The fourth-order valence-corrected chi connectivity index (χ4v) is 2.70. The highest BCUT2D eigenvalue weighted by molar-refractivity contribution is 6.00. The average molecular weight is 245 g/mol. The van der Waals surface area contributed by atoms with Gasteiger partial charge in [-0.3, -0.25) is 9.59 Å². The molecular weight excluding hydrogens is 230 g/mol. The van der Waals surface area contributed by atoms with E-state index in [1.54, 1.807) is 4.90 Å². The summed E-state index contributed by atoms with van der Waals surface area (Å²) in [7, 11) is 0. The highest BCUT2D eigenvalue weighted by Gasteiger charge is 2.39. The van der Waals surface area contributed by atoms with Gasteiger partial charge in [-0.2, -0.15) is 0 Å². The monoisotopic (exact) mass is 245 g/mol. The lowest BCUT2D eigenvalue weighted by molar-refractivity contribution is -0.138. The smallest absolute Gasteiger partial charge is 0.312 e. The lowest BCUT2D eigenvalue weighted by atomic mass is 9.84. The highest BCUT2D eigenvalue weighted by atomic mass is 16.4. The van der Waals surface area contributed by atoms with Gasteiger partial charge in [-0.15, -0.1) is 0 Å². The Hall–Kier alpha value is -1.84. The van der Waals surface area contributed by atoms with Crippen LogP contribution >= 0.6 is 0 Å². The van der Waals surface area contributed by atoms with E-state index in [1.807, 2.05) is 24.3 Å². The number of hydrogen-bond acceptors (Lipinski definition) is 2. The third-order valence-electron chi connectivity index (χ3n) is 3.99. The van der Waals surface area contributed by atoms with E-state index in [1.165, 1.54) is 0 Å². The van der Waals surface area contributed by atoms with E-state index in [2.05, 4.69) is 0 Å². The molecule has 0 unspecified atom stereocenters. The maximum absolute atomic E-state index is 12.3. The van der Waals surface area contributed by atoms with Crippen molar-refractivity contribution < 1.29 is 14.7 Å². The largest absolute Gasteiger partial charge is 0.481 e. The summed E-state index contributed by atoms with van der Waals surface area (Å²) in [6.45, 7) is 0.282. The maximum Gasteiger partial charge on any atom is 0.312 e. The lowest BCUT2D eigenvalue weighted by Crippen LogP contribution is -2.38. The molecule has 3 rings (SSSR count). The minimum atomic E-state index is -0.855. The van der Waals surface area contributed by atoms with Crippen molar-refractivity contribution in [3.05, 3.63) is 29.8 Å². The first-order chi connectivity index (χ1) is 8.68. The number of rotatable bonds is 2. The van der Waals surface area contributed by atoms with E-state index in [0.717, 1.165) is 30.5 Å². The number of nitrogens with zero attached hydrogens (tertiary/aromatic N) is 1. The number of anilines is 1. The predicted molar refractivity (Wildman–Crippen MR) is 66.5 cm³/mol. The molecule has 2 aliphatic rings. The number of carboxylic acids is 1. The van der Waals surface area contributed by atoms with Crippen LogP contribution < -0.4 is 4.90 Å². The van der Waals surface area contributed by atoms with E-state index in [0.29, 0.717) is 0 Å². The van der Waals surface area contributed by atoms with Crippen molar-refractivity contribution in [2.24, 2.45) is 5.92 Å². The molecule has 1 amide bonds. The van der Waals surface area contributed by atoms with Gasteiger partial charge in [-0.1, -0.05) is 24.6 Å². The van der Waals surface area contributed by atoms with Gasteiger partial charge in [0.2, 0.25) is 5.91 Å². The second-order valence-corrected chi connectivity index (χ2v) is 5.03. The molecule has 0 radical (unpaired) electrons. The van der Waals surface area contributed by atoms with Crippen molar-refractivity contribution in [1.29, 1.82) is 0 Å². The van der Waals surface area contributed by atoms with E-state index < -0.39 is 11.9 Å². The van der Waals surface area contributed by atoms with Gasteiger partial charge in [0.1, 0.15) is 5.92 Å². The Morgan fingerprint density at radius 2 is 1.94 bits per heavy atom. The van der Waals surface area contributed by atoms with Gasteiger partial charge >= 0.3 is 5.97 Å². The minimum absolute atomic E-state index is 0.0949. The van der Waals surface area contributed by atoms with Crippen molar-refractivity contribution in [2.45, 2.75) is 25.2 Å². The van der Waals surface area contributed by atoms with E-state index >= 15 is 0 Å². The topological polar surface area (TPSA) is 57.6 Å². The van der Waals surface area contributed by atoms with Crippen LogP contribution in [-0.4, -0.2) is 23.5 Å². The molecule has 1 atom stereocenters. The Kier molecular flexibility index (Phi) is 2.58. The summed E-state index contributed by atoms with van der Waals surface area (Å²) in [4.78, 5) is 25.2. The molecule has 0 spiro atoms. The second kappa shape index (κ2) is 4.12. The number of carbonyl (C=O) groups is 2. The van der Waals surface area contributed by atoms with Crippen LogP contribution in [-0.2, 0) is 9.59 Å². The van der Waals surface area contributed by atoms with Crippen LogP contribution in [0.5, 0.6) is 0 Å². The predicted octanol–water partition coefficient (Wildman–Crippen LogP) is 2.00. The van der Waals surface area contributed by atoms with Crippen LogP contribution in [0.1, 0.15) is 30.7 Å². The molecule has 1 saturated carbocycles. The van der Waals surface area contributed by atoms with Crippen LogP contribution in [0.25, 0.3) is 0 Å². The first kappa shape index (κ1) is 11.3. The number of carboxylic acid groups (broad SMARTS) is 1.